The van der Waals surface area contributed by atoms with Gasteiger partial charge in [0, 0.05) is 24.5 Å². The molecule has 0 aliphatic carbocycles. The Hall–Kier alpha value is -2.89. The van der Waals surface area contributed by atoms with E-state index in [9.17, 15) is 9.59 Å². The minimum Gasteiger partial charge on any atom is -0.497 e. The van der Waals surface area contributed by atoms with Crippen LogP contribution in [0.3, 0.4) is 0 Å². The number of carbonyl (C=O) groups excluding carboxylic acids is 2. The summed E-state index contributed by atoms with van der Waals surface area (Å²) in [5.41, 5.74) is 1.47. The Morgan fingerprint density at radius 1 is 1.04 bits per heavy atom. The summed E-state index contributed by atoms with van der Waals surface area (Å²) in [6.45, 7) is 6.18. The fraction of sp³-hybridized carbons (Fsp3) is 0.350. The second-order valence-electron chi connectivity index (χ2n) is 7.02. The summed E-state index contributed by atoms with van der Waals surface area (Å²) >= 11 is 0. The molecular weight excluding hydrogens is 330 g/mol. The fourth-order valence-electron chi connectivity index (χ4n) is 2.32. The van der Waals surface area contributed by atoms with Crippen LogP contribution in [0.4, 0.5) is 0 Å². The van der Waals surface area contributed by atoms with Crippen LogP contribution >= 0.6 is 0 Å². The quantitative estimate of drug-likeness (QED) is 0.835. The second kappa shape index (κ2) is 8.47. The van der Waals surface area contributed by atoms with E-state index in [0.717, 1.165) is 11.3 Å². The number of benzene rings is 1. The lowest BCUT2D eigenvalue weighted by Crippen LogP contribution is -2.40. The molecule has 6 nitrogen and oxygen atoms in total. The zero-order valence-corrected chi connectivity index (χ0v) is 15.6. The number of amides is 2. The van der Waals surface area contributed by atoms with Crippen molar-refractivity contribution in [2.75, 3.05) is 13.7 Å². The lowest BCUT2D eigenvalue weighted by atomic mass is 10.1. The van der Waals surface area contributed by atoms with Crippen LogP contribution in [0.5, 0.6) is 5.75 Å². The van der Waals surface area contributed by atoms with Gasteiger partial charge >= 0.3 is 0 Å². The summed E-state index contributed by atoms with van der Waals surface area (Å²) < 4.78 is 5.12. The van der Waals surface area contributed by atoms with E-state index < -0.39 is 0 Å². The standard InChI is InChI=1S/C20H25N3O3/c1-20(2,3)23-19(25)16-11-15(12-21-13-16)18(24)22-10-9-14-5-7-17(26-4)8-6-14/h5-8,11-13H,9-10H2,1-4H3,(H,22,24)(H,23,25). The van der Waals surface area contributed by atoms with Gasteiger partial charge in [-0.25, -0.2) is 0 Å². The Bertz CT molecular complexity index is 765. The molecular formula is C20H25N3O3. The molecule has 0 spiro atoms. The molecule has 0 bridgehead atoms. The summed E-state index contributed by atoms with van der Waals surface area (Å²) in [5, 5.41) is 5.70. The van der Waals surface area contributed by atoms with E-state index in [1.165, 1.54) is 12.4 Å². The van der Waals surface area contributed by atoms with Crippen molar-refractivity contribution in [2.24, 2.45) is 0 Å². The SMILES string of the molecule is COc1ccc(CCNC(=O)c2cncc(C(=O)NC(C)(C)C)c2)cc1. The van der Waals surface area contributed by atoms with Crippen LogP contribution in [0, 0.1) is 0 Å². The predicted octanol–water partition coefficient (Wildman–Crippen LogP) is 2.59. The maximum atomic E-state index is 12.3. The van der Waals surface area contributed by atoms with Crippen molar-refractivity contribution in [3.05, 3.63) is 59.4 Å². The van der Waals surface area contributed by atoms with Gasteiger partial charge in [-0.05, 0) is 51.0 Å². The number of ether oxygens (including phenoxy) is 1. The van der Waals surface area contributed by atoms with Crippen molar-refractivity contribution in [1.82, 2.24) is 15.6 Å². The number of aromatic nitrogens is 1. The molecule has 0 saturated carbocycles. The van der Waals surface area contributed by atoms with Gasteiger partial charge in [0.2, 0.25) is 0 Å². The zero-order chi connectivity index (χ0) is 19.2. The minimum atomic E-state index is -0.353. The fourth-order valence-corrected chi connectivity index (χ4v) is 2.32. The van der Waals surface area contributed by atoms with Crippen LogP contribution in [0.1, 0.15) is 47.1 Å². The molecule has 0 aliphatic rings. The molecule has 138 valence electrons. The molecule has 2 N–H and O–H groups in total. The Morgan fingerprint density at radius 2 is 1.65 bits per heavy atom. The van der Waals surface area contributed by atoms with E-state index in [1.54, 1.807) is 13.2 Å². The highest BCUT2D eigenvalue weighted by atomic mass is 16.5. The number of nitrogens with zero attached hydrogens (tertiary/aromatic N) is 1. The summed E-state index contributed by atoms with van der Waals surface area (Å²) in [4.78, 5) is 28.5. The number of rotatable bonds is 6. The summed E-state index contributed by atoms with van der Waals surface area (Å²) in [6, 6.07) is 9.25. The van der Waals surface area contributed by atoms with Crippen LogP contribution < -0.4 is 15.4 Å². The van der Waals surface area contributed by atoms with Crippen molar-refractivity contribution in [2.45, 2.75) is 32.7 Å². The highest BCUT2D eigenvalue weighted by Gasteiger charge is 2.17. The van der Waals surface area contributed by atoms with Gasteiger partial charge in [-0.1, -0.05) is 12.1 Å². The Balaban J connectivity index is 1.92. The van der Waals surface area contributed by atoms with Crippen LogP contribution in [0.2, 0.25) is 0 Å². The lowest BCUT2D eigenvalue weighted by molar-refractivity contribution is 0.0919. The van der Waals surface area contributed by atoms with Crippen LogP contribution in [0.25, 0.3) is 0 Å². The van der Waals surface area contributed by atoms with E-state index in [0.29, 0.717) is 24.1 Å². The zero-order valence-electron chi connectivity index (χ0n) is 15.6. The van der Waals surface area contributed by atoms with E-state index >= 15 is 0 Å². The van der Waals surface area contributed by atoms with Crippen molar-refractivity contribution < 1.29 is 14.3 Å². The first-order valence-electron chi connectivity index (χ1n) is 8.47. The Morgan fingerprint density at radius 3 is 2.23 bits per heavy atom. The number of hydrogen-bond donors (Lipinski definition) is 2. The van der Waals surface area contributed by atoms with Crippen molar-refractivity contribution in [3.8, 4) is 5.75 Å². The molecule has 0 radical (unpaired) electrons. The van der Waals surface area contributed by atoms with E-state index in [2.05, 4.69) is 15.6 Å². The molecule has 0 aliphatic heterocycles. The monoisotopic (exact) mass is 355 g/mol. The molecule has 2 amide bonds. The average Bonchev–Trinajstić information content (AvgIpc) is 2.61. The molecule has 6 heteroatoms. The molecule has 1 heterocycles. The van der Waals surface area contributed by atoms with E-state index in [1.807, 2.05) is 45.0 Å². The number of nitrogens with one attached hydrogen (secondary N) is 2. The number of hydrogen-bond acceptors (Lipinski definition) is 4. The molecule has 0 atom stereocenters. The van der Waals surface area contributed by atoms with Gasteiger partial charge in [0.1, 0.15) is 5.75 Å². The second-order valence-corrected chi connectivity index (χ2v) is 7.02. The average molecular weight is 355 g/mol. The number of carbonyl (C=O) groups is 2. The van der Waals surface area contributed by atoms with E-state index in [-0.39, 0.29) is 17.4 Å². The van der Waals surface area contributed by atoms with Crippen molar-refractivity contribution >= 4 is 11.8 Å². The van der Waals surface area contributed by atoms with Gasteiger partial charge in [-0.2, -0.15) is 0 Å². The predicted molar refractivity (Wildman–Crippen MR) is 100 cm³/mol. The van der Waals surface area contributed by atoms with Crippen LogP contribution in [-0.4, -0.2) is 36.0 Å². The molecule has 0 unspecified atom stereocenters. The maximum Gasteiger partial charge on any atom is 0.253 e. The van der Waals surface area contributed by atoms with Gasteiger partial charge in [0.25, 0.3) is 11.8 Å². The van der Waals surface area contributed by atoms with Gasteiger partial charge in [0.05, 0.1) is 18.2 Å². The molecule has 0 fully saturated rings. The van der Waals surface area contributed by atoms with Gasteiger partial charge < -0.3 is 15.4 Å². The largest absolute Gasteiger partial charge is 0.497 e. The molecule has 1 aromatic heterocycles. The third-order valence-electron chi connectivity index (χ3n) is 3.61. The number of methoxy groups -OCH3 is 1. The van der Waals surface area contributed by atoms with Crippen LogP contribution in [-0.2, 0) is 6.42 Å². The van der Waals surface area contributed by atoms with Crippen molar-refractivity contribution in [1.29, 1.82) is 0 Å². The molecule has 2 aromatic rings. The Labute approximate surface area is 154 Å². The van der Waals surface area contributed by atoms with Crippen molar-refractivity contribution in [3.63, 3.8) is 0 Å². The highest BCUT2D eigenvalue weighted by Crippen LogP contribution is 2.11. The maximum absolute atomic E-state index is 12.3. The highest BCUT2D eigenvalue weighted by molar-refractivity contribution is 5.99. The lowest BCUT2D eigenvalue weighted by Gasteiger charge is -2.20. The summed E-state index contributed by atoms with van der Waals surface area (Å²) in [6.07, 6.45) is 3.61. The molecule has 0 saturated heterocycles. The molecule has 2 rings (SSSR count). The van der Waals surface area contributed by atoms with Gasteiger partial charge in [0.15, 0.2) is 0 Å². The molecule has 26 heavy (non-hydrogen) atoms. The number of pyridine rings is 1. The first-order chi connectivity index (χ1) is 12.3. The topological polar surface area (TPSA) is 80.3 Å². The molecule has 1 aromatic carbocycles. The van der Waals surface area contributed by atoms with Crippen LogP contribution in [0.15, 0.2) is 42.7 Å². The summed E-state index contributed by atoms with van der Waals surface area (Å²) in [5.74, 6) is 0.295. The van der Waals surface area contributed by atoms with Gasteiger partial charge in [-0.15, -0.1) is 0 Å². The Kier molecular flexibility index (Phi) is 6.33. The first kappa shape index (κ1) is 19.4. The third-order valence-corrected chi connectivity index (χ3v) is 3.61. The van der Waals surface area contributed by atoms with E-state index in [4.69, 9.17) is 4.74 Å². The third kappa shape index (κ3) is 5.88. The summed E-state index contributed by atoms with van der Waals surface area (Å²) in [7, 11) is 1.62. The first-order valence-corrected chi connectivity index (χ1v) is 8.47. The smallest absolute Gasteiger partial charge is 0.253 e. The normalized spacial score (nSPS) is 10.9. The van der Waals surface area contributed by atoms with Gasteiger partial charge in [-0.3, -0.25) is 14.6 Å². The minimum absolute atomic E-state index is 0.252.